The van der Waals surface area contributed by atoms with E-state index in [4.69, 9.17) is 11.6 Å². The summed E-state index contributed by atoms with van der Waals surface area (Å²) in [5, 5.41) is 2.44. The molecular weight excluding hydrogens is 195 g/mol. The van der Waals surface area contributed by atoms with Gasteiger partial charge in [0.25, 0.3) is 0 Å². The van der Waals surface area contributed by atoms with E-state index >= 15 is 0 Å². The van der Waals surface area contributed by atoms with Gasteiger partial charge >= 0.3 is 0 Å². The van der Waals surface area contributed by atoms with Crippen LogP contribution in [0.5, 0.6) is 0 Å². The Morgan fingerprint density at radius 3 is 2.92 bits per heavy atom. The van der Waals surface area contributed by atoms with Crippen molar-refractivity contribution in [1.29, 1.82) is 0 Å². The highest BCUT2D eigenvalue weighted by atomic mass is 35.5. The zero-order valence-electron chi connectivity index (χ0n) is 6.97. The minimum absolute atomic E-state index is 0.115. The van der Waals surface area contributed by atoms with E-state index in [1.807, 2.05) is 0 Å². The maximum absolute atomic E-state index is 12.7. The largest absolute Gasteiger partial charge is 0.326 e. The predicted octanol–water partition coefficient (Wildman–Crippen LogP) is 1.92. The van der Waals surface area contributed by atoms with Gasteiger partial charge in [-0.05, 0) is 6.07 Å². The van der Waals surface area contributed by atoms with Gasteiger partial charge in [-0.3, -0.25) is 4.79 Å². The Morgan fingerprint density at radius 2 is 2.38 bits per heavy atom. The van der Waals surface area contributed by atoms with Crippen molar-refractivity contribution >= 4 is 23.2 Å². The maximum Gasteiger partial charge on any atom is 0.221 e. The fraction of sp³-hybridized carbons (Fsp3) is 0.250. The molecule has 1 rings (SSSR count). The van der Waals surface area contributed by atoms with Crippen LogP contribution in [0, 0.1) is 5.95 Å². The van der Waals surface area contributed by atoms with Crippen LogP contribution in [-0.2, 0) is 10.7 Å². The van der Waals surface area contributed by atoms with Crippen molar-refractivity contribution in [2.75, 3.05) is 5.32 Å². The van der Waals surface area contributed by atoms with Crippen LogP contribution in [-0.4, -0.2) is 10.9 Å². The number of nitrogens with one attached hydrogen (secondary N) is 1. The molecule has 0 aromatic carbocycles. The third-order valence-corrected chi connectivity index (χ3v) is 1.58. The third-order valence-electron chi connectivity index (χ3n) is 1.30. The van der Waals surface area contributed by atoms with Gasteiger partial charge in [0.15, 0.2) is 0 Å². The lowest BCUT2D eigenvalue weighted by atomic mass is 10.3. The Bertz CT molecular complexity index is 330. The molecule has 0 atom stereocenters. The fourth-order valence-electron chi connectivity index (χ4n) is 0.895. The first kappa shape index (κ1) is 9.92. The summed E-state index contributed by atoms with van der Waals surface area (Å²) in [5.74, 6) is -0.794. The Balaban J connectivity index is 2.94. The van der Waals surface area contributed by atoms with Gasteiger partial charge in [0.1, 0.15) is 0 Å². The molecule has 0 radical (unpaired) electrons. The van der Waals surface area contributed by atoms with Crippen molar-refractivity contribution < 1.29 is 9.18 Å². The van der Waals surface area contributed by atoms with Gasteiger partial charge in [-0.15, -0.1) is 11.6 Å². The first-order valence-electron chi connectivity index (χ1n) is 3.62. The Labute approximate surface area is 79.9 Å². The first-order chi connectivity index (χ1) is 6.11. The first-order valence-corrected chi connectivity index (χ1v) is 4.15. The molecule has 0 saturated carbocycles. The number of aromatic nitrogens is 1. The van der Waals surface area contributed by atoms with Crippen molar-refractivity contribution in [1.82, 2.24) is 4.98 Å². The molecule has 1 heterocycles. The smallest absolute Gasteiger partial charge is 0.221 e. The lowest BCUT2D eigenvalue weighted by molar-refractivity contribution is -0.114. The van der Waals surface area contributed by atoms with Gasteiger partial charge in [0, 0.05) is 18.7 Å². The Morgan fingerprint density at radius 1 is 1.69 bits per heavy atom. The van der Waals surface area contributed by atoms with E-state index in [1.54, 1.807) is 0 Å². The van der Waals surface area contributed by atoms with E-state index in [1.165, 1.54) is 13.0 Å². The van der Waals surface area contributed by atoms with Crippen LogP contribution in [0.1, 0.15) is 12.6 Å². The van der Waals surface area contributed by atoms with Gasteiger partial charge in [-0.25, -0.2) is 4.98 Å². The monoisotopic (exact) mass is 202 g/mol. The van der Waals surface area contributed by atoms with Crippen LogP contribution in [0.15, 0.2) is 12.1 Å². The number of carbonyl (C=O) groups excluding carboxylic acids is 1. The number of alkyl halides is 1. The van der Waals surface area contributed by atoms with Crippen molar-refractivity contribution in [2.45, 2.75) is 12.8 Å². The molecule has 1 amide bonds. The number of hydrogen-bond acceptors (Lipinski definition) is 2. The molecule has 0 spiro atoms. The topological polar surface area (TPSA) is 42.0 Å². The molecule has 0 saturated heterocycles. The lowest BCUT2D eigenvalue weighted by Crippen LogP contribution is -2.07. The molecule has 5 heteroatoms. The number of hydrogen-bond donors (Lipinski definition) is 1. The molecule has 1 aromatic heterocycles. The summed E-state index contributed by atoms with van der Waals surface area (Å²) in [6.07, 6.45) is 0. The van der Waals surface area contributed by atoms with E-state index in [0.717, 1.165) is 6.07 Å². The second kappa shape index (κ2) is 4.18. The lowest BCUT2D eigenvalue weighted by Gasteiger charge is -2.03. The standard InChI is InChI=1S/C8H8ClFN2O/c1-5(13)11-6-2-7(4-9)12-8(10)3-6/h2-3H,4H2,1H3,(H,11,12,13). The zero-order valence-corrected chi connectivity index (χ0v) is 7.73. The molecule has 70 valence electrons. The minimum Gasteiger partial charge on any atom is -0.326 e. The van der Waals surface area contributed by atoms with E-state index in [9.17, 15) is 9.18 Å². The average Bonchev–Trinajstić information content (AvgIpc) is 2.01. The third kappa shape index (κ3) is 2.99. The van der Waals surface area contributed by atoms with E-state index in [0.29, 0.717) is 11.4 Å². The van der Waals surface area contributed by atoms with Crippen LogP contribution in [0.4, 0.5) is 10.1 Å². The van der Waals surface area contributed by atoms with Crippen LogP contribution in [0.25, 0.3) is 0 Å². The predicted molar refractivity (Wildman–Crippen MR) is 48.1 cm³/mol. The number of amides is 1. The van der Waals surface area contributed by atoms with Gasteiger partial charge in [-0.2, -0.15) is 4.39 Å². The van der Waals surface area contributed by atoms with Crippen molar-refractivity contribution in [3.05, 3.63) is 23.8 Å². The molecule has 1 N–H and O–H groups in total. The Hall–Kier alpha value is -1.16. The Kier molecular flexibility index (Phi) is 3.19. The van der Waals surface area contributed by atoms with Gasteiger partial charge in [-0.1, -0.05) is 0 Å². The molecule has 0 unspecified atom stereocenters. The molecule has 0 aliphatic heterocycles. The highest BCUT2D eigenvalue weighted by Gasteiger charge is 2.02. The molecular formula is C8H8ClFN2O. The number of pyridine rings is 1. The molecule has 0 bridgehead atoms. The highest BCUT2D eigenvalue weighted by Crippen LogP contribution is 2.12. The van der Waals surface area contributed by atoms with Crippen LogP contribution in [0.3, 0.4) is 0 Å². The average molecular weight is 203 g/mol. The number of anilines is 1. The summed E-state index contributed by atoms with van der Waals surface area (Å²) in [5.41, 5.74) is 0.765. The van der Waals surface area contributed by atoms with Crippen molar-refractivity contribution in [3.8, 4) is 0 Å². The summed E-state index contributed by atoms with van der Waals surface area (Å²) in [7, 11) is 0. The minimum atomic E-state index is -0.651. The number of carbonyl (C=O) groups is 1. The van der Waals surface area contributed by atoms with Crippen LogP contribution in [0.2, 0.25) is 0 Å². The number of nitrogens with zero attached hydrogens (tertiary/aromatic N) is 1. The van der Waals surface area contributed by atoms with E-state index in [2.05, 4.69) is 10.3 Å². The fourth-order valence-corrected chi connectivity index (χ4v) is 1.03. The van der Waals surface area contributed by atoms with Gasteiger partial charge < -0.3 is 5.32 Å². The summed E-state index contributed by atoms with van der Waals surface area (Å²) in [6, 6.07) is 2.66. The van der Waals surface area contributed by atoms with E-state index < -0.39 is 5.95 Å². The summed E-state index contributed by atoms with van der Waals surface area (Å²) in [4.78, 5) is 14.1. The molecule has 1 aromatic rings. The van der Waals surface area contributed by atoms with E-state index in [-0.39, 0.29) is 11.8 Å². The van der Waals surface area contributed by atoms with Crippen molar-refractivity contribution in [2.24, 2.45) is 0 Å². The second-order valence-corrected chi connectivity index (χ2v) is 2.75. The maximum atomic E-state index is 12.7. The van der Waals surface area contributed by atoms with Crippen LogP contribution >= 0.6 is 11.6 Å². The molecule has 0 aliphatic carbocycles. The number of rotatable bonds is 2. The second-order valence-electron chi connectivity index (χ2n) is 2.48. The SMILES string of the molecule is CC(=O)Nc1cc(F)nc(CCl)c1. The van der Waals surface area contributed by atoms with Gasteiger partial charge in [0.05, 0.1) is 11.6 Å². The van der Waals surface area contributed by atoms with Crippen LogP contribution < -0.4 is 5.32 Å². The normalized spacial score (nSPS) is 9.77. The molecule has 0 fully saturated rings. The highest BCUT2D eigenvalue weighted by molar-refractivity contribution is 6.16. The quantitative estimate of drug-likeness (QED) is 0.588. The zero-order chi connectivity index (χ0) is 9.84. The molecule has 3 nitrogen and oxygen atoms in total. The van der Waals surface area contributed by atoms with Crippen molar-refractivity contribution in [3.63, 3.8) is 0 Å². The summed E-state index contributed by atoms with van der Waals surface area (Å²) < 4.78 is 12.7. The van der Waals surface area contributed by atoms with Gasteiger partial charge in [0.2, 0.25) is 11.9 Å². The molecule has 0 aliphatic rings. The number of halogens is 2. The summed E-state index contributed by atoms with van der Waals surface area (Å²) >= 11 is 5.47. The summed E-state index contributed by atoms with van der Waals surface area (Å²) in [6.45, 7) is 1.35. The molecule has 13 heavy (non-hydrogen) atoms.